The van der Waals surface area contributed by atoms with Crippen molar-refractivity contribution in [3.05, 3.63) is 34.2 Å². The average molecular weight is 165 g/mol. The minimum atomic E-state index is 0.110. The summed E-state index contributed by atoms with van der Waals surface area (Å²) in [5.41, 5.74) is 1.24. The third kappa shape index (κ3) is 1.97. The molecule has 0 radical (unpaired) electrons. The van der Waals surface area contributed by atoms with E-state index in [4.69, 9.17) is 0 Å². The quantitative estimate of drug-likeness (QED) is 0.669. The molecule has 0 aliphatic rings. The summed E-state index contributed by atoms with van der Waals surface area (Å²) >= 11 is 0. The summed E-state index contributed by atoms with van der Waals surface area (Å²) in [6, 6.07) is 3.34. The van der Waals surface area contributed by atoms with Crippen molar-refractivity contribution < 1.29 is 0 Å². The van der Waals surface area contributed by atoms with Crippen LogP contribution in [0.2, 0.25) is 0 Å². The monoisotopic (exact) mass is 165 g/mol. The second-order valence-electron chi connectivity index (χ2n) is 2.90. The normalized spacial score (nSPS) is 10.2. The minimum absolute atomic E-state index is 0.110. The number of rotatable bonds is 3. The molecule has 1 heterocycles. The van der Waals surface area contributed by atoms with Crippen LogP contribution in [0.1, 0.15) is 26.0 Å². The number of hydrogen-bond acceptors (Lipinski definition) is 1. The van der Waals surface area contributed by atoms with Gasteiger partial charge in [-0.2, -0.15) is 0 Å². The molecule has 2 heteroatoms. The molecular weight excluding hydrogens is 150 g/mol. The van der Waals surface area contributed by atoms with Gasteiger partial charge in [0.15, 0.2) is 5.43 Å². The zero-order valence-corrected chi connectivity index (χ0v) is 7.71. The van der Waals surface area contributed by atoms with Crippen LogP contribution < -0.4 is 5.43 Å². The van der Waals surface area contributed by atoms with Gasteiger partial charge in [0.05, 0.1) is 0 Å². The van der Waals surface area contributed by atoms with Crippen molar-refractivity contribution in [3.63, 3.8) is 0 Å². The number of aryl methyl sites for hydroxylation is 2. The van der Waals surface area contributed by atoms with Crippen molar-refractivity contribution in [2.75, 3.05) is 0 Å². The molecule has 0 aliphatic heterocycles. The van der Waals surface area contributed by atoms with Crippen molar-refractivity contribution in [2.24, 2.45) is 0 Å². The molecule has 0 fully saturated rings. The first-order valence-electron chi connectivity index (χ1n) is 4.47. The van der Waals surface area contributed by atoms with Gasteiger partial charge in [-0.3, -0.25) is 4.79 Å². The first kappa shape index (κ1) is 9.04. The summed E-state index contributed by atoms with van der Waals surface area (Å²) in [5, 5.41) is 0. The highest BCUT2D eigenvalue weighted by atomic mass is 16.1. The van der Waals surface area contributed by atoms with Crippen LogP contribution in [0.4, 0.5) is 0 Å². The summed E-state index contributed by atoms with van der Waals surface area (Å²) in [6.45, 7) is 5.21. The van der Waals surface area contributed by atoms with E-state index in [-0.39, 0.29) is 5.43 Å². The number of aromatic nitrogens is 1. The molecule has 66 valence electrons. The largest absolute Gasteiger partial charge is 0.351 e. The van der Waals surface area contributed by atoms with Gasteiger partial charge in [0.25, 0.3) is 0 Å². The van der Waals surface area contributed by atoms with Gasteiger partial charge < -0.3 is 4.57 Å². The van der Waals surface area contributed by atoms with E-state index >= 15 is 0 Å². The minimum Gasteiger partial charge on any atom is -0.351 e. The first-order chi connectivity index (χ1) is 5.77. The standard InChI is InChI=1S/C10H15NO/c1-3-6-11-7-5-10(12)8-9(11)4-2/h5,7-8H,3-4,6H2,1-2H3. The molecular formula is C10H15NO. The predicted octanol–water partition coefficient (Wildman–Crippen LogP) is 1.82. The number of hydrogen-bond donors (Lipinski definition) is 0. The molecule has 0 amide bonds. The maximum atomic E-state index is 11.0. The van der Waals surface area contributed by atoms with Crippen LogP contribution in [0.5, 0.6) is 0 Å². The lowest BCUT2D eigenvalue weighted by molar-refractivity contribution is 0.640. The van der Waals surface area contributed by atoms with E-state index < -0.39 is 0 Å². The van der Waals surface area contributed by atoms with Crippen molar-refractivity contribution in [1.82, 2.24) is 4.57 Å². The fraction of sp³-hybridized carbons (Fsp3) is 0.500. The molecule has 12 heavy (non-hydrogen) atoms. The Balaban J connectivity index is 3.02. The SMILES string of the molecule is CCCn1ccc(=O)cc1CC. The van der Waals surface area contributed by atoms with Gasteiger partial charge >= 0.3 is 0 Å². The van der Waals surface area contributed by atoms with Gasteiger partial charge in [-0.1, -0.05) is 13.8 Å². The van der Waals surface area contributed by atoms with Crippen LogP contribution >= 0.6 is 0 Å². The summed E-state index contributed by atoms with van der Waals surface area (Å²) in [5.74, 6) is 0. The lowest BCUT2D eigenvalue weighted by atomic mass is 10.2. The Hall–Kier alpha value is -1.05. The third-order valence-electron chi connectivity index (χ3n) is 1.92. The second-order valence-corrected chi connectivity index (χ2v) is 2.90. The average Bonchev–Trinajstić information content (AvgIpc) is 2.08. The van der Waals surface area contributed by atoms with Crippen LogP contribution in [0.3, 0.4) is 0 Å². The maximum absolute atomic E-state index is 11.0. The van der Waals surface area contributed by atoms with Gasteiger partial charge in [-0.05, 0) is 12.8 Å². The Morgan fingerprint density at radius 3 is 2.75 bits per heavy atom. The van der Waals surface area contributed by atoms with Gasteiger partial charge in [0, 0.05) is 30.6 Å². The van der Waals surface area contributed by atoms with Gasteiger partial charge in [0.2, 0.25) is 0 Å². The summed E-state index contributed by atoms with van der Waals surface area (Å²) in [4.78, 5) is 11.0. The van der Waals surface area contributed by atoms with E-state index in [1.54, 1.807) is 12.1 Å². The van der Waals surface area contributed by atoms with E-state index in [1.807, 2.05) is 6.20 Å². The van der Waals surface area contributed by atoms with Crippen molar-refractivity contribution in [2.45, 2.75) is 33.2 Å². The Morgan fingerprint density at radius 1 is 1.42 bits per heavy atom. The smallest absolute Gasteiger partial charge is 0.181 e. The zero-order chi connectivity index (χ0) is 8.97. The Kier molecular flexibility index (Phi) is 3.09. The Morgan fingerprint density at radius 2 is 2.17 bits per heavy atom. The molecule has 0 spiro atoms. The highest BCUT2D eigenvalue weighted by Crippen LogP contribution is 1.99. The van der Waals surface area contributed by atoms with Crippen LogP contribution in [-0.2, 0) is 13.0 Å². The lowest BCUT2D eigenvalue weighted by Gasteiger charge is -2.09. The molecule has 0 aromatic carbocycles. The van der Waals surface area contributed by atoms with Crippen LogP contribution in [0, 0.1) is 0 Å². The summed E-state index contributed by atoms with van der Waals surface area (Å²) < 4.78 is 2.14. The van der Waals surface area contributed by atoms with Gasteiger partial charge in [0.1, 0.15) is 0 Å². The van der Waals surface area contributed by atoms with E-state index in [2.05, 4.69) is 18.4 Å². The number of pyridine rings is 1. The number of nitrogens with zero attached hydrogens (tertiary/aromatic N) is 1. The third-order valence-corrected chi connectivity index (χ3v) is 1.92. The summed E-state index contributed by atoms with van der Waals surface area (Å²) in [6.07, 6.45) is 3.91. The second kappa shape index (κ2) is 4.10. The molecule has 0 saturated carbocycles. The maximum Gasteiger partial charge on any atom is 0.181 e. The Labute approximate surface area is 72.8 Å². The molecule has 0 aliphatic carbocycles. The fourth-order valence-electron chi connectivity index (χ4n) is 1.32. The Bertz CT molecular complexity index is 301. The molecule has 1 aromatic rings. The lowest BCUT2D eigenvalue weighted by Crippen LogP contribution is -2.10. The molecule has 0 unspecified atom stereocenters. The molecule has 0 bridgehead atoms. The molecule has 0 saturated heterocycles. The molecule has 1 aromatic heterocycles. The van der Waals surface area contributed by atoms with E-state index in [9.17, 15) is 4.79 Å². The van der Waals surface area contributed by atoms with E-state index in [0.717, 1.165) is 25.1 Å². The van der Waals surface area contributed by atoms with E-state index in [0.29, 0.717) is 0 Å². The summed E-state index contributed by atoms with van der Waals surface area (Å²) in [7, 11) is 0. The van der Waals surface area contributed by atoms with Crippen LogP contribution in [-0.4, -0.2) is 4.57 Å². The molecule has 0 atom stereocenters. The van der Waals surface area contributed by atoms with Crippen molar-refractivity contribution >= 4 is 0 Å². The first-order valence-corrected chi connectivity index (χ1v) is 4.47. The van der Waals surface area contributed by atoms with Crippen LogP contribution in [0.15, 0.2) is 23.1 Å². The van der Waals surface area contributed by atoms with Gasteiger partial charge in [-0.25, -0.2) is 0 Å². The predicted molar refractivity (Wildman–Crippen MR) is 50.4 cm³/mol. The van der Waals surface area contributed by atoms with Crippen molar-refractivity contribution in [3.8, 4) is 0 Å². The highest BCUT2D eigenvalue weighted by Gasteiger charge is 1.96. The fourth-order valence-corrected chi connectivity index (χ4v) is 1.32. The topological polar surface area (TPSA) is 22.0 Å². The van der Waals surface area contributed by atoms with Crippen molar-refractivity contribution in [1.29, 1.82) is 0 Å². The molecule has 0 N–H and O–H groups in total. The van der Waals surface area contributed by atoms with Crippen LogP contribution in [0.25, 0.3) is 0 Å². The highest BCUT2D eigenvalue weighted by molar-refractivity contribution is 5.06. The molecule has 2 nitrogen and oxygen atoms in total. The van der Waals surface area contributed by atoms with E-state index in [1.165, 1.54) is 0 Å². The zero-order valence-electron chi connectivity index (χ0n) is 7.71. The van der Waals surface area contributed by atoms with Gasteiger partial charge in [-0.15, -0.1) is 0 Å². The molecule has 1 rings (SSSR count).